The molecule has 1 amide bonds. The number of likely N-dealkylation sites (tertiary alicyclic amines) is 1. The van der Waals surface area contributed by atoms with E-state index < -0.39 is 0 Å². The lowest BCUT2D eigenvalue weighted by molar-refractivity contribution is -0.114. The summed E-state index contributed by atoms with van der Waals surface area (Å²) in [5.74, 6) is 1.64. The van der Waals surface area contributed by atoms with Gasteiger partial charge in [0.1, 0.15) is 5.54 Å². The summed E-state index contributed by atoms with van der Waals surface area (Å²) < 4.78 is 0. The Balaban J connectivity index is 1.44. The van der Waals surface area contributed by atoms with Crippen LogP contribution in [0.4, 0.5) is 0 Å². The van der Waals surface area contributed by atoms with Crippen molar-refractivity contribution < 1.29 is 4.79 Å². The highest BCUT2D eigenvalue weighted by molar-refractivity contribution is 6.01. The van der Waals surface area contributed by atoms with Crippen LogP contribution < -0.4 is 0 Å². The lowest BCUT2D eigenvalue weighted by atomic mass is 9.95. The number of amides is 1. The molecular formula is C20H30N2O. The van der Waals surface area contributed by atoms with Gasteiger partial charge in [0.15, 0.2) is 0 Å². The van der Waals surface area contributed by atoms with Gasteiger partial charge in [-0.25, -0.2) is 0 Å². The fourth-order valence-corrected chi connectivity index (χ4v) is 4.10. The van der Waals surface area contributed by atoms with Gasteiger partial charge in [0, 0.05) is 13.1 Å². The zero-order valence-corrected chi connectivity index (χ0v) is 14.8. The summed E-state index contributed by atoms with van der Waals surface area (Å²) in [7, 11) is 0. The second kappa shape index (κ2) is 6.64. The zero-order chi connectivity index (χ0) is 16.4. The Kier molecular flexibility index (Phi) is 4.77. The topological polar surface area (TPSA) is 23.3 Å². The van der Waals surface area contributed by atoms with E-state index in [9.17, 15) is 4.79 Å². The SMILES string of the molecule is CC(C)CC1(C)C(=O)N1CC1CCN(Cc2ccccc2)CC1. The fraction of sp³-hybridized carbons (Fsp3) is 0.650. The number of carbonyl (C=O) groups excluding carboxylic acids is 1. The standard InChI is InChI=1S/C20H30N2O/c1-16(2)13-20(3)19(23)22(20)15-18-9-11-21(12-10-18)14-17-7-5-4-6-8-17/h4-8,16,18H,9-15H2,1-3H3. The molecule has 3 nitrogen and oxygen atoms in total. The summed E-state index contributed by atoms with van der Waals surface area (Å²) in [5, 5.41) is 0. The van der Waals surface area contributed by atoms with Gasteiger partial charge in [-0.15, -0.1) is 0 Å². The minimum atomic E-state index is -0.157. The fourth-order valence-electron chi connectivity index (χ4n) is 4.10. The van der Waals surface area contributed by atoms with Crippen molar-refractivity contribution in [1.82, 2.24) is 9.80 Å². The number of piperidine rings is 1. The Bertz CT molecular complexity index is 534. The molecule has 126 valence electrons. The molecule has 0 aromatic heterocycles. The Morgan fingerprint density at radius 3 is 2.43 bits per heavy atom. The third kappa shape index (κ3) is 3.77. The van der Waals surface area contributed by atoms with Crippen LogP contribution in [0.2, 0.25) is 0 Å². The molecule has 1 aromatic carbocycles. The van der Waals surface area contributed by atoms with Crippen molar-refractivity contribution in [3.05, 3.63) is 35.9 Å². The van der Waals surface area contributed by atoms with Crippen molar-refractivity contribution in [2.75, 3.05) is 19.6 Å². The van der Waals surface area contributed by atoms with Crippen LogP contribution in [0.3, 0.4) is 0 Å². The zero-order valence-electron chi connectivity index (χ0n) is 14.8. The van der Waals surface area contributed by atoms with E-state index in [-0.39, 0.29) is 5.54 Å². The molecule has 1 atom stereocenters. The van der Waals surface area contributed by atoms with Crippen LogP contribution in [0, 0.1) is 11.8 Å². The first kappa shape index (κ1) is 16.5. The number of benzene rings is 1. The maximum atomic E-state index is 12.2. The molecule has 1 aromatic rings. The smallest absolute Gasteiger partial charge is 0.249 e. The predicted octanol–water partition coefficient (Wildman–Crippen LogP) is 3.55. The molecule has 0 aliphatic carbocycles. The average molecular weight is 314 g/mol. The minimum absolute atomic E-state index is 0.157. The third-order valence-corrected chi connectivity index (χ3v) is 5.45. The number of carbonyl (C=O) groups is 1. The van der Waals surface area contributed by atoms with E-state index in [0.29, 0.717) is 17.7 Å². The van der Waals surface area contributed by atoms with E-state index in [1.54, 1.807) is 0 Å². The van der Waals surface area contributed by atoms with E-state index in [1.165, 1.54) is 18.4 Å². The minimum Gasteiger partial charge on any atom is -0.326 e. The first-order valence-electron chi connectivity index (χ1n) is 9.07. The Morgan fingerprint density at radius 2 is 1.83 bits per heavy atom. The monoisotopic (exact) mass is 314 g/mol. The van der Waals surface area contributed by atoms with E-state index >= 15 is 0 Å². The molecule has 3 heteroatoms. The molecule has 23 heavy (non-hydrogen) atoms. The molecular weight excluding hydrogens is 284 g/mol. The van der Waals surface area contributed by atoms with Gasteiger partial charge in [-0.2, -0.15) is 0 Å². The molecule has 2 fully saturated rings. The van der Waals surface area contributed by atoms with Crippen LogP contribution in [0.15, 0.2) is 30.3 Å². The van der Waals surface area contributed by atoms with Crippen LogP contribution >= 0.6 is 0 Å². The first-order valence-corrected chi connectivity index (χ1v) is 9.07. The van der Waals surface area contributed by atoms with Crippen LogP contribution in [-0.4, -0.2) is 40.9 Å². The Morgan fingerprint density at radius 1 is 1.17 bits per heavy atom. The second-order valence-electron chi connectivity index (χ2n) is 7.99. The molecule has 2 heterocycles. The molecule has 1 unspecified atom stereocenters. The highest BCUT2D eigenvalue weighted by Crippen LogP contribution is 2.41. The molecule has 2 aliphatic rings. The van der Waals surface area contributed by atoms with Crippen molar-refractivity contribution in [3.8, 4) is 0 Å². The van der Waals surface area contributed by atoms with E-state index in [2.05, 4.69) is 60.9 Å². The lowest BCUT2D eigenvalue weighted by Gasteiger charge is -2.32. The van der Waals surface area contributed by atoms with Gasteiger partial charge in [0.2, 0.25) is 5.91 Å². The number of hydrogen-bond donors (Lipinski definition) is 0. The summed E-state index contributed by atoms with van der Waals surface area (Å²) in [6.07, 6.45) is 3.43. The van der Waals surface area contributed by atoms with Crippen LogP contribution in [-0.2, 0) is 11.3 Å². The summed E-state index contributed by atoms with van der Waals surface area (Å²) in [6, 6.07) is 10.7. The van der Waals surface area contributed by atoms with Crippen molar-refractivity contribution in [1.29, 1.82) is 0 Å². The van der Waals surface area contributed by atoms with Gasteiger partial charge in [-0.3, -0.25) is 9.69 Å². The largest absolute Gasteiger partial charge is 0.326 e. The molecule has 0 saturated carbocycles. The van der Waals surface area contributed by atoms with E-state index in [4.69, 9.17) is 0 Å². The van der Waals surface area contributed by atoms with Gasteiger partial charge in [0.05, 0.1) is 0 Å². The second-order valence-corrected chi connectivity index (χ2v) is 7.99. The van der Waals surface area contributed by atoms with Gasteiger partial charge < -0.3 is 4.90 Å². The van der Waals surface area contributed by atoms with E-state index in [0.717, 1.165) is 32.6 Å². The lowest BCUT2D eigenvalue weighted by Crippen LogP contribution is -2.36. The summed E-state index contributed by atoms with van der Waals surface area (Å²) >= 11 is 0. The number of rotatable bonds is 6. The van der Waals surface area contributed by atoms with Crippen LogP contribution in [0.25, 0.3) is 0 Å². The van der Waals surface area contributed by atoms with Crippen molar-refractivity contribution in [2.24, 2.45) is 11.8 Å². The maximum absolute atomic E-state index is 12.2. The van der Waals surface area contributed by atoms with Crippen LogP contribution in [0.5, 0.6) is 0 Å². The maximum Gasteiger partial charge on any atom is 0.249 e. The number of hydrogen-bond acceptors (Lipinski definition) is 2. The van der Waals surface area contributed by atoms with Gasteiger partial charge in [-0.1, -0.05) is 44.2 Å². The molecule has 0 N–H and O–H groups in total. The van der Waals surface area contributed by atoms with Gasteiger partial charge in [0.25, 0.3) is 0 Å². The Hall–Kier alpha value is -1.35. The Labute approximate surface area is 140 Å². The highest BCUT2D eigenvalue weighted by Gasteiger charge is 2.58. The van der Waals surface area contributed by atoms with Gasteiger partial charge >= 0.3 is 0 Å². The third-order valence-electron chi connectivity index (χ3n) is 5.45. The first-order chi connectivity index (χ1) is 11.0. The number of nitrogens with zero attached hydrogens (tertiary/aromatic N) is 2. The average Bonchev–Trinajstić information content (AvgIpc) is 3.01. The van der Waals surface area contributed by atoms with Crippen molar-refractivity contribution in [2.45, 2.75) is 52.1 Å². The van der Waals surface area contributed by atoms with Crippen molar-refractivity contribution >= 4 is 5.91 Å². The normalized spacial score (nSPS) is 26.1. The quantitative estimate of drug-likeness (QED) is 0.750. The molecule has 0 radical (unpaired) electrons. The predicted molar refractivity (Wildman–Crippen MR) is 94.0 cm³/mol. The van der Waals surface area contributed by atoms with Crippen LogP contribution in [0.1, 0.15) is 45.6 Å². The molecule has 2 aliphatic heterocycles. The molecule has 2 saturated heterocycles. The highest BCUT2D eigenvalue weighted by atomic mass is 16.2. The molecule has 3 rings (SSSR count). The van der Waals surface area contributed by atoms with E-state index in [1.807, 2.05) is 0 Å². The summed E-state index contributed by atoms with van der Waals surface area (Å²) in [6.45, 7) is 10.9. The summed E-state index contributed by atoms with van der Waals surface area (Å²) in [5.41, 5.74) is 1.24. The molecule has 0 spiro atoms. The summed E-state index contributed by atoms with van der Waals surface area (Å²) in [4.78, 5) is 16.8. The van der Waals surface area contributed by atoms with Crippen molar-refractivity contribution in [3.63, 3.8) is 0 Å². The molecule has 0 bridgehead atoms. The van der Waals surface area contributed by atoms with Gasteiger partial charge in [-0.05, 0) is 56.7 Å².